The number of hydrogen-bond acceptors (Lipinski definition) is 4. The van der Waals surface area contributed by atoms with Gasteiger partial charge >= 0.3 is 0 Å². The predicted octanol–water partition coefficient (Wildman–Crippen LogP) is 6.29. The topological polar surface area (TPSA) is 51.2 Å². The summed E-state index contributed by atoms with van der Waals surface area (Å²) in [6.45, 7) is 7.61. The van der Waals surface area contributed by atoms with Crippen LogP contribution in [0.5, 0.6) is 5.19 Å². The summed E-state index contributed by atoms with van der Waals surface area (Å²) in [4.78, 5) is 16.2. The van der Waals surface area contributed by atoms with E-state index < -0.39 is 0 Å². The molecule has 0 unspecified atom stereocenters. The number of allylic oxidation sites excluding steroid dienone is 3. The Morgan fingerprint density at radius 1 is 1.17 bits per heavy atom. The van der Waals surface area contributed by atoms with Gasteiger partial charge in [0.2, 0.25) is 5.91 Å². The Labute approximate surface area is 179 Å². The number of carbonyl (C=O) groups is 1. The number of benzene rings is 1. The van der Waals surface area contributed by atoms with Crippen LogP contribution in [0.2, 0.25) is 0 Å². The Balaban J connectivity index is 1.48. The number of carbonyl (C=O) groups excluding carboxylic acids is 1. The summed E-state index contributed by atoms with van der Waals surface area (Å²) in [7, 11) is 0. The zero-order valence-electron chi connectivity index (χ0n) is 17.9. The van der Waals surface area contributed by atoms with Crippen LogP contribution in [0.3, 0.4) is 0 Å². The third kappa shape index (κ3) is 9.75. The van der Waals surface area contributed by atoms with E-state index in [1.807, 2.05) is 31.2 Å². The lowest BCUT2D eigenvalue weighted by Gasteiger charge is -2.04. The first-order chi connectivity index (χ1) is 14.0. The van der Waals surface area contributed by atoms with Crippen molar-refractivity contribution in [1.29, 1.82) is 0 Å². The standard InChI is InChI=1S/C24H34N2O2S/c1-19(2)18-25-23(27)17-20(3)13-9-7-5-4-6-8-12-16-28-24-26-21-14-10-11-15-22(21)29-24/h9-11,13-15,17,19H,4-8,12,16,18H2,1-3H3,(H,25,27). The molecule has 0 saturated heterocycles. The summed E-state index contributed by atoms with van der Waals surface area (Å²) in [5.41, 5.74) is 2.01. The van der Waals surface area contributed by atoms with Crippen LogP contribution in [-0.4, -0.2) is 24.0 Å². The number of nitrogens with zero attached hydrogens (tertiary/aromatic N) is 1. The Hall–Kier alpha value is -2.14. The monoisotopic (exact) mass is 414 g/mol. The molecule has 0 fully saturated rings. The van der Waals surface area contributed by atoms with Crippen LogP contribution in [0.4, 0.5) is 0 Å². The number of fused-ring (bicyclic) bond motifs is 1. The van der Waals surface area contributed by atoms with E-state index in [2.05, 4.69) is 36.3 Å². The van der Waals surface area contributed by atoms with Gasteiger partial charge in [-0.1, -0.05) is 68.7 Å². The molecule has 0 radical (unpaired) electrons. The minimum absolute atomic E-state index is 0.00563. The van der Waals surface area contributed by atoms with Crippen molar-refractivity contribution in [3.05, 3.63) is 48.1 Å². The summed E-state index contributed by atoms with van der Waals surface area (Å²) in [5.74, 6) is 0.469. The number of ether oxygens (including phenoxy) is 1. The number of thiazole rings is 1. The fourth-order valence-corrected chi connectivity index (χ4v) is 3.69. The average Bonchev–Trinajstić information content (AvgIpc) is 3.10. The van der Waals surface area contributed by atoms with Gasteiger partial charge in [-0.2, -0.15) is 0 Å². The highest BCUT2D eigenvalue weighted by Crippen LogP contribution is 2.27. The van der Waals surface area contributed by atoms with E-state index in [-0.39, 0.29) is 5.91 Å². The van der Waals surface area contributed by atoms with Gasteiger partial charge in [-0.25, -0.2) is 4.98 Å². The second-order valence-corrected chi connectivity index (χ2v) is 8.78. The van der Waals surface area contributed by atoms with E-state index in [0.29, 0.717) is 5.92 Å². The van der Waals surface area contributed by atoms with Gasteiger partial charge < -0.3 is 10.1 Å². The van der Waals surface area contributed by atoms with Gasteiger partial charge in [0.25, 0.3) is 5.19 Å². The molecule has 2 rings (SSSR count). The maximum atomic E-state index is 11.7. The zero-order chi connectivity index (χ0) is 20.9. The summed E-state index contributed by atoms with van der Waals surface area (Å²) in [6, 6.07) is 8.13. The SMILES string of the molecule is CC(C=CCCCCCCCOc1nc2ccccc2s1)=CC(=O)NCC(C)C. The lowest BCUT2D eigenvalue weighted by atomic mass is 10.1. The van der Waals surface area contributed by atoms with Crippen LogP contribution in [0.1, 0.15) is 59.3 Å². The maximum Gasteiger partial charge on any atom is 0.274 e. The highest BCUT2D eigenvalue weighted by molar-refractivity contribution is 7.20. The summed E-state index contributed by atoms with van der Waals surface area (Å²) in [5, 5.41) is 3.68. The van der Waals surface area contributed by atoms with Crippen LogP contribution < -0.4 is 10.1 Å². The van der Waals surface area contributed by atoms with Crippen molar-refractivity contribution in [2.24, 2.45) is 5.92 Å². The Bertz CT molecular complexity index is 775. The minimum atomic E-state index is -0.00563. The van der Waals surface area contributed by atoms with Crippen molar-refractivity contribution in [1.82, 2.24) is 10.3 Å². The number of aromatic nitrogens is 1. The van der Waals surface area contributed by atoms with Gasteiger partial charge in [0.1, 0.15) is 0 Å². The molecule has 2 aromatic rings. The molecule has 158 valence electrons. The zero-order valence-corrected chi connectivity index (χ0v) is 18.8. The van der Waals surface area contributed by atoms with Crippen LogP contribution in [0.25, 0.3) is 10.2 Å². The van der Waals surface area contributed by atoms with Crippen molar-refractivity contribution >= 4 is 27.5 Å². The smallest absolute Gasteiger partial charge is 0.274 e. The van der Waals surface area contributed by atoms with E-state index in [9.17, 15) is 4.79 Å². The van der Waals surface area contributed by atoms with E-state index in [1.54, 1.807) is 17.4 Å². The first kappa shape index (κ1) is 23.1. The molecule has 0 atom stereocenters. The number of nitrogens with one attached hydrogen (secondary N) is 1. The van der Waals surface area contributed by atoms with Crippen molar-refractivity contribution in [2.75, 3.05) is 13.2 Å². The molecule has 4 nitrogen and oxygen atoms in total. The molecule has 0 aliphatic rings. The quantitative estimate of drug-likeness (QED) is 0.238. The second-order valence-electron chi connectivity index (χ2n) is 7.78. The first-order valence-corrected chi connectivity index (χ1v) is 11.5. The fourth-order valence-electron chi connectivity index (χ4n) is 2.85. The highest BCUT2D eigenvalue weighted by atomic mass is 32.1. The third-order valence-corrected chi connectivity index (χ3v) is 5.39. The van der Waals surface area contributed by atoms with E-state index in [4.69, 9.17) is 4.74 Å². The Kier molecular flexibility index (Phi) is 10.5. The highest BCUT2D eigenvalue weighted by Gasteiger charge is 2.03. The van der Waals surface area contributed by atoms with Crippen LogP contribution in [0.15, 0.2) is 48.1 Å². The molecule has 1 aromatic heterocycles. The summed E-state index contributed by atoms with van der Waals surface area (Å²) >= 11 is 1.61. The molecule has 0 aliphatic heterocycles. The number of rotatable bonds is 13. The Morgan fingerprint density at radius 2 is 1.93 bits per heavy atom. The predicted molar refractivity (Wildman–Crippen MR) is 124 cm³/mol. The molecule has 1 aromatic carbocycles. The van der Waals surface area contributed by atoms with E-state index in [0.717, 1.165) is 42.3 Å². The van der Waals surface area contributed by atoms with E-state index >= 15 is 0 Å². The van der Waals surface area contributed by atoms with Gasteiger partial charge in [0, 0.05) is 12.6 Å². The molecule has 1 heterocycles. The molecule has 0 saturated carbocycles. The molecular weight excluding hydrogens is 380 g/mol. The molecule has 0 spiro atoms. The van der Waals surface area contributed by atoms with Gasteiger partial charge in [-0.3, -0.25) is 4.79 Å². The second kappa shape index (κ2) is 13.2. The van der Waals surface area contributed by atoms with Crippen LogP contribution >= 0.6 is 11.3 Å². The third-order valence-electron chi connectivity index (χ3n) is 4.44. The van der Waals surface area contributed by atoms with Gasteiger partial charge in [-0.15, -0.1) is 0 Å². The fraction of sp³-hybridized carbons (Fsp3) is 0.500. The van der Waals surface area contributed by atoms with Gasteiger partial charge in [0.05, 0.1) is 16.8 Å². The van der Waals surface area contributed by atoms with Crippen LogP contribution in [-0.2, 0) is 4.79 Å². The van der Waals surface area contributed by atoms with Crippen LogP contribution in [0, 0.1) is 5.92 Å². The summed E-state index contributed by atoms with van der Waals surface area (Å²) in [6.07, 6.45) is 12.8. The van der Waals surface area contributed by atoms with Crippen molar-refractivity contribution < 1.29 is 9.53 Å². The summed E-state index contributed by atoms with van der Waals surface area (Å²) < 4.78 is 6.96. The molecule has 1 amide bonds. The molecule has 1 N–H and O–H groups in total. The van der Waals surface area contributed by atoms with Crippen molar-refractivity contribution in [2.45, 2.75) is 59.3 Å². The lowest BCUT2D eigenvalue weighted by Crippen LogP contribution is -2.25. The number of amides is 1. The van der Waals surface area contributed by atoms with Crippen molar-refractivity contribution in [3.8, 4) is 5.19 Å². The van der Waals surface area contributed by atoms with Crippen molar-refractivity contribution in [3.63, 3.8) is 0 Å². The van der Waals surface area contributed by atoms with E-state index in [1.165, 1.54) is 30.4 Å². The largest absolute Gasteiger partial charge is 0.470 e. The Morgan fingerprint density at radius 3 is 2.72 bits per heavy atom. The molecule has 5 heteroatoms. The molecule has 29 heavy (non-hydrogen) atoms. The average molecular weight is 415 g/mol. The first-order valence-electron chi connectivity index (χ1n) is 10.7. The number of hydrogen-bond donors (Lipinski definition) is 1. The molecular formula is C24H34N2O2S. The normalized spacial score (nSPS) is 12.2. The number of para-hydroxylation sites is 1. The molecule has 0 bridgehead atoms. The van der Waals surface area contributed by atoms with Gasteiger partial charge in [0.15, 0.2) is 0 Å². The maximum absolute atomic E-state index is 11.7. The van der Waals surface area contributed by atoms with Gasteiger partial charge in [-0.05, 0) is 49.8 Å². The minimum Gasteiger partial charge on any atom is -0.470 e. The molecule has 0 aliphatic carbocycles. The lowest BCUT2D eigenvalue weighted by molar-refractivity contribution is -0.116. The number of unbranched alkanes of at least 4 members (excludes halogenated alkanes) is 5.